The molecule has 0 bridgehead atoms. The highest BCUT2D eigenvalue weighted by molar-refractivity contribution is 5.72. The lowest BCUT2D eigenvalue weighted by molar-refractivity contribution is 0.268. The molecule has 0 aliphatic carbocycles. The lowest BCUT2D eigenvalue weighted by atomic mass is 10.0. The van der Waals surface area contributed by atoms with Crippen LogP contribution < -0.4 is 14.4 Å². The number of ether oxygens (including phenoxy) is 2. The fourth-order valence-corrected chi connectivity index (χ4v) is 4.56. The van der Waals surface area contributed by atoms with Gasteiger partial charge in [0.25, 0.3) is 0 Å². The zero-order valence-corrected chi connectivity index (χ0v) is 20.2. The van der Waals surface area contributed by atoms with E-state index in [9.17, 15) is 0 Å². The van der Waals surface area contributed by atoms with E-state index in [2.05, 4.69) is 11.9 Å². The Balaban J connectivity index is 1.47. The molecular formula is C30H28F2N2O2. The minimum Gasteiger partial charge on any atom is -0.473 e. The number of halogens is 2. The first-order valence-electron chi connectivity index (χ1n) is 12.2. The molecule has 36 heavy (non-hydrogen) atoms. The number of hydrogen-bond acceptors (Lipinski definition) is 4. The Kier molecular flexibility index (Phi) is 7.12. The molecule has 0 unspecified atom stereocenters. The summed E-state index contributed by atoms with van der Waals surface area (Å²) in [6.07, 6.45) is 2.02. The molecule has 0 saturated carbocycles. The third-order valence-electron chi connectivity index (χ3n) is 6.46. The van der Waals surface area contributed by atoms with Gasteiger partial charge in [-0.05, 0) is 49.1 Å². The Morgan fingerprint density at radius 3 is 2.03 bits per heavy atom. The minimum absolute atomic E-state index is 0.115. The lowest BCUT2D eigenvalue weighted by Gasteiger charge is -2.24. The monoisotopic (exact) mass is 486 g/mol. The van der Waals surface area contributed by atoms with Gasteiger partial charge in [-0.3, -0.25) is 0 Å². The van der Waals surface area contributed by atoms with Crippen molar-refractivity contribution in [2.45, 2.75) is 39.0 Å². The highest BCUT2D eigenvalue weighted by atomic mass is 19.1. The number of rotatable bonds is 8. The van der Waals surface area contributed by atoms with Crippen molar-refractivity contribution >= 4 is 5.69 Å². The molecule has 0 N–H and O–H groups in total. The first-order valence-corrected chi connectivity index (χ1v) is 12.2. The van der Waals surface area contributed by atoms with Crippen LogP contribution in [0.5, 0.6) is 11.8 Å². The summed E-state index contributed by atoms with van der Waals surface area (Å²) in [6, 6.07) is 25.6. The SMILES string of the molecule is C[C@@H]1CCCN1c1cc(F)c(-c2ccc(OCc3ccccc3)nc2OCc2ccccc2)c(F)c1. The molecule has 0 spiro atoms. The highest BCUT2D eigenvalue weighted by Crippen LogP contribution is 2.38. The summed E-state index contributed by atoms with van der Waals surface area (Å²) < 4.78 is 42.7. The van der Waals surface area contributed by atoms with Crippen LogP contribution in [-0.2, 0) is 13.2 Å². The van der Waals surface area contributed by atoms with Crippen LogP contribution in [0.2, 0.25) is 0 Å². The molecule has 3 aromatic carbocycles. The van der Waals surface area contributed by atoms with Gasteiger partial charge in [-0.15, -0.1) is 0 Å². The predicted octanol–water partition coefficient (Wildman–Crippen LogP) is 7.17. The summed E-state index contributed by atoms with van der Waals surface area (Å²) in [5.74, 6) is -0.861. The van der Waals surface area contributed by atoms with E-state index in [-0.39, 0.29) is 29.7 Å². The molecule has 1 aliphatic rings. The molecule has 1 saturated heterocycles. The second-order valence-corrected chi connectivity index (χ2v) is 9.02. The molecule has 1 fully saturated rings. The van der Waals surface area contributed by atoms with Crippen LogP contribution >= 0.6 is 0 Å². The summed E-state index contributed by atoms with van der Waals surface area (Å²) in [5.41, 5.74) is 2.55. The number of nitrogens with zero attached hydrogens (tertiary/aromatic N) is 2. The van der Waals surface area contributed by atoms with Gasteiger partial charge >= 0.3 is 0 Å². The molecule has 1 aromatic heterocycles. The summed E-state index contributed by atoms with van der Waals surface area (Å²) in [4.78, 5) is 6.53. The molecule has 4 aromatic rings. The van der Waals surface area contributed by atoms with Crippen LogP contribution in [0, 0.1) is 11.6 Å². The van der Waals surface area contributed by atoms with E-state index in [4.69, 9.17) is 9.47 Å². The number of anilines is 1. The van der Waals surface area contributed by atoms with Crippen LogP contribution in [0.3, 0.4) is 0 Å². The van der Waals surface area contributed by atoms with Gasteiger partial charge in [0.2, 0.25) is 11.8 Å². The Bertz CT molecular complexity index is 1290. The average Bonchev–Trinajstić information content (AvgIpc) is 3.33. The Morgan fingerprint density at radius 2 is 1.44 bits per heavy atom. The first kappa shape index (κ1) is 23.8. The summed E-state index contributed by atoms with van der Waals surface area (Å²) in [7, 11) is 0. The third kappa shape index (κ3) is 5.33. The smallest absolute Gasteiger partial charge is 0.225 e. The number of aromatic nitrogens is 1. The van der Waals surface area contributed by atoms with Crippen LogP contribution in [0.25, 0.3) is 11.1 Å². The molecule has 1 atom stereocenters. The largest absolute Gasteiger partial charge is 0.473 e. The first-order chi connectivity index (χ1) is 17.6. The van der Waals surface area contributed by atoms with Crippen molar-refractivity contribution in [3.05, 3.63) is 108 Å². The zero-order valence-electron chi connectivity index (χ0n) is 20.2. The van der Waals surface area contributed by atoms with Crippen molar-refractivity contribution in [3.63, 3.8) is 0 Å². The van der Waals surface area contributed by atoms with Crippen molar-refractivity contribution in [1.29, 1.82) is 0 Å². The fraction of sp³-hybridized carbons (Fsp3) is 0.233. The van der Waals surface area contributed by atoms with Crippen molar-refractivity contribution in [2.24, 2.45) is 0 Å². The molecule has 2 heterocycles. The highest BCUT2D eigenvalue weighted by Gasteiger charge is 2.25. The maximum atomic E-state index is 15.4. The van der Waals surface area contributed by atoms with Crippen molar-refractivity contribution in [3.8, 4) is 22.9 Å². The second-order valence-electron chi connectivity index (χ2n) is 9.02. The van der Waals surface area contributed by atoms with Crippen LogP contribution in [0.1, 0.15) is 30.9 Å². The normalized spacial score (nSPS) is 15.2. The quantitative estimate of drug-likeness (QED) is 0.264. The van der Waals surface area contributed by atoms with E-state index >= 15 is 8.78 Å². The van der Waals surface area contributed by atoms with E-state index in [1.54, 1.807) is 12.1 Å². The Morgan fingerprint density at radius 1 is 0.833 bits per heavy atom. The topological polar surface area (TPSA) is 34.6 Å². The molecule has 184 valence electrons. The van der Waals surface area contributed by atoms with Gasteiger partial charge in [-0.2, -0.15) is 4.98 Å². The maximum absolute atomic E-state index is 15.4. The van der Waals surface area contributed by atoms with Crippen molar-refractivity contribution in [1.82, 2.24) is 4.98 Å². The zero-order chi connectivity index (χ0) is 24.9. The Hall–Kier alpha value is -3.93. The predicted molar refractivity (Wildman–Crippen MR) is 137 cm³/mol. The average molecular weight is 487 g/mol. The van der Waals surface area contributed by atoms with Gasteiger partial charge in [0.1, 0.15) is 24.8 Å². The number of pyridine rings is 1. The van der Waals surface area contributed by atoms with E-state index in [1.807, 2.05) is 65.6 Å². The molecule has 0 amide bonds. The molecule has 5 rings (SSSR count). The molecule has 0 radical (unpaired) electrons. The van der Waals surface area contributed by atoms with Crippen molar-refractivity contribution in [2.75, 3.05) is 11.4 Å². The number of benzene rings is 3. The van der Waals surface area contributed by atoms with Gasteiger partial charge in [-0.25, -0.2) is 8.78 Å². The lowest BCUT2D eigenvalue weighted by Crippen LogP contribution is -2.26. The van der Waals surface area contributed by atoms with E-state index < -0.39 is 11.6 Å². The second kappa shape index (κ2) is 10.8. The van der Waals surface area contributed by atoms with Gasteiger partial charge < -0.3 is 14.4 Å². The standard InChI is InChI=1S/C30H28F2N2O2/c1-21-9-8-16-34(21)24-17-26(31)29(27(32)18-24)25-14-15-28(35-19-22-10-4-2-5-11-22)33-30(25)36-20-23-12-6-3-7-13-23/h2-7,10-15,17-18,21H,8-9,16,19-20H2,1H3/t21-/m1/s1. The number of hydrogen-bond donors (Lipinski definition) is 0. The molecular weight excluding hydrogens is 458 g/mol. The molecule has 4 nitrogen and oxygen atoms in total. The van der Waals surface area contributed by atoms with E-state index in [1.165, 1.54) is 12.1 Å². The third-order valence-corrected chi connectivity index (χ3v) is 6.46. The Labute approximate surface area is 210 Å². The van der Waals surface area contributed by atoms with Gasteiger partial charge in [0.05, 0.1) is 11.1 Å². The van der Waals surface area contributed by atoms with Gasteiger partial charge in [0, 0.05) is 24.3 Å². The summed E-state index contributed by atoms with van der Waals surface area (Å²) >= 11 is 0. The fourth-order valence-electron chi connectivity index (χ4n) is 4.56. The molecule has 6 heteroatoms. The van der Waals surface area contributed by atoms with Gasteiger partial charge in [-0.1, -0.05) is 60.7 Å². The van der Waals surface area contributed by atoms with Gasteiger partial charge in [0.15, 0.2) is 0 Å². The van der Waals surface area contributed by atoms with Crippen LogP contribution in [0.15, 0.2) is 84.9 Å². The summed E-state index contributed by atoms with van der Waals surface area (Å²) in [5, 5.41) is 0. The summed E-state index contributed by atoms with van der Waals surface area (Å²) in [6.45, 7) is 3.39. The van der Waals surface area contributed by atoms with Crippen molar-refractivity contribution < 1.29 is 18.3 Å². The maximum Gasteiger partial charge on any atom is 0.225 e. The van der Waals surface area contributed by atoms with E-state index in [0.29, 0.717) is 18.2 Å². The minimum atomic E-state index is -0.645. The van der Waals surface area contributed by atoms with Crippen LogP contribution in [-0.4, -0.2) is 17.6 Å². The molecule has 1 aliphatic heterocycles. The van der Waals surface area contributed by atoms with Crippen LogP contribution in [0.4, 0.5) is 14.5 Å². The van der Waals surface area contributed by atoms with E-state index in [0.717, 1.165) is 30.5 Å².